The van der Waals surface area contributed by atoms with E-state index in [1.807, 2.05) is 97.0 Å². The van der Waals surface area contributed by atoms with Gasteiger partial charge in [-0.2, -0.15) is 0 Å². The number of ether oxygens (including phenoxy) is 7. The number of anilines is 2. The van der Waals surface area contributed by atoms with Crippen molar-refractivity contribution in [1.29, 1.82) is 0 Å². The van der Waals surface area contributed by atoms with E-state index in [0.29, 0.717) is 91.4 Å². The van der Waals surface area contributed by atoms with Gasteiger partial charge in [0, 0.05) is 48.8 Å². The molecule has 66 heavy (non-hydrogen) atoms. The quantitative estimate of drug-likeness (QED) is 0.0763. The van der Waals surface area contributed by atoms with Crippen molar-refractivity contribution < 1.29 is 52.6 Å². The maximum Gasteiger partial charge on any atom is 0.305 e. The number of aliphatic carboxylic acids is 1. The Morgan fingerprint density at radius 3 is 1.71 bits per heavy atom. The molecule has 4 aliphatic rings. The summed E-state index contributed by atoms with van der Waals surface area (Å²) in [5.41, 5.74) is 8.42. The summed E-state index contributed by atoms with van der Waals surface area (Å²) in [5.74, 6) is 0.855. The number of amides is 2. The number of carbonyl (C=O) groups excluding carboxylic acids is 2. The Kier molecular flexibility index (Phi) is 13.4. The van der Waals surface area contributed by atoms with Crippen LogP contribution in [0.1, 0.15) is 55.0 Å². The lowest BCUT2D eigenvalue weighted by atomic mass is 10.1. The molecular weight excluding hydrogens is 845 g/mol. The molecule has 15 heteroatoms. The number of aliphatic imine (C=N–C) groups is 2. The van der Waals surface area contributed by atoms with Crippen LogP contribution >= 0.6 is 0 Å². The molecule has 0 bridgehead atoms. The van der Waals surface area contributed by atoms with Crippen LogP contribution in [0.15, 0.2) is 101 Å². The van der Waals surface area contributed by atoms with E-state index in [0.717, 1.165) is 39.2 Å². The van der Waals surface area contributed by atoms with Crippen molar-refractivity contribution in [3.8, 4) is 23.0 Å². The molecule has 0 aliphatic carbocycles. The van der Waals surface area contributed by atoms with Gasteiger partial charge in [-0.05, 0) is 77.2 Å². The number of benzene rings is 5. The van der Waals surface area contributed by atoms with Crippen LogP contribution in [0.25, 0.3) is 0 Å². The zero-order valence-corrected chi connectivity index (χ0v) is 36.8. The highest BCUT2D eigenvalue weighted by atomic mass is 16.6. The molecule has 0 aromatic heterocycles. The smallest absolute Gasteiger partial charge is 0.305 e. The molecule has 0 radical (unpaired) electrons. The summed E-state index contributed by atoms with van der Waals surface area (Å²) >= 11 is 0. The van der Waals surface area contributed by atoms with Crippen LogP contribution < -0.4 is 28.7 Å². The van der Waals surface area contributed by atoms with Gasteiger partial charge in [0.15, 0.2) is 11.5 Å². The zero-order valence-electron chi connectivity index (χ0n) is 36.8. The predicted octanol–water partition coefficient (Wildman–Crippen LogP) is 7.64. The number of methoxy groups -OCH3 is 1. The third-order valence-electron chi connectivity index (χ3n) is 11.8. The van der Waals surface area contributed by atoms with E-state index in [1.54, 1.807) is 24.1 Å². The first-order chi connectivity index (χ1) is 32.2. The van der Waals surface area contributed by atoms with Crippen LogP contribution in [-0.2, 0) is 45.1 Å². The van der Waals surface area contributed by atoms with Crippen molar-refractivity contribution in [2.75, 3.05) is 63.2 Å². The monoisotopic (exact) mass is 894 g/mol. The van der Waals surface area contributed by atoms with Gasteiger partial charge in [-0.3, -0.25) is 34.2 Å². The fourth-order valence-electron chi connectivity index (χ4n) is 8.61. The van der Waals surface area contributed by atoms with Gasteiger partial charge in [0.25, 0.3) is 11.8 Å². The highest BCUT2D eigenvalue weighted by molar-refractivity contribution is 6.15. The highest BCUT2D eigenvalue weighted by Crippen LogP contribution is 2.42. The number of fused-ring (bicyclic) bond motifs is 8. The lowest BCUT2D eigenvalue weighted by Gasteiger charge is -2.22. The zero-order chi connectivity index (χ0) is 45.6. The second-order valence-electron chi connectivity index (χ2n) is 16.3. The van der Waals surface area contributed by atoms with Gasteiger partial charge in [0.1, 0.15) is 31.3 Å². The molecule has 0 saturated carbocycles. The summed E-state index contributed by atoms with van der Waals surface area (Å²) in [5, 5.41) is 8.71. The first-order valence-electron chi connectivity index (χ1n) is 22.0. The number of aryl methyl sites for hydroxylation is 1. The van der Waals surface area contributed by atoms with Gasteiger partial charge < -0.3 is 38.3 Å². The second kappa shape index (κ2) is 20.0. The van der Waals surface area contributed by atoms with Crippen molar-refractivity contribution in [3.63, 3.8) is 0 Å². The lowest BCUT2D eigenvalue weighted by Crippen LogP contribution is -2.37. The molecule has 5 aromatic carbocycles. The largest absolute Gasteiger partial charge is 0.493 e. The van der Waals surface area contributed by atoms with Crippen molar-refractivity contribution in [3.05, 3.63) is 130 Å². The Hall–Kier alpha value is -7.07. The molecule has 15 nitrogen and oxygen atoms in total. The van der Waals surface area contributed by atoms with Crippen molar-refractivity contribution >= 4 is 53.0 Å². The number of hydrogen-bond acceptors (Lipinski definition) is 12. The average Bonchev–Trinajstić information content (AvgIpc) is 3.81. The van der Waals surface area contributed by atoms with E-state index >= 15 is 0 Å². The molecule has 4 aliphatic heterocycles. The molecule has 9 rings (SSSR count). The maximum atomic E-state index is 14.0. The van der Waals surface area contributed by atoms with E-state index in [9.17, 15) is 14.4 Å². The van der Waals surface area contributed by atoms with Crippen LogP contribution in [0.5, 0.6) is 23.0 Å². The summed E-state index contributed by atoms with van der Waals surface area (Å²) in [6.45, 7) is 4.26. The van der Waals surface area contributed by atoms with Crippen LogP contribution in [0, 0.1) is 6.92 Å². The van der Waals surface area contributed by atoms with Crippen LogP contribution in [0.2, 0.25) is 0 Å². The number of carbonyl (C=O) groups is 3. The van der Waals surface area contributed by atoms with Crippen molar-refractivity contribution in [1.82, 2.24) is 0 Å². The van der Waals surface area contributed by atoms with Gasteiger partial charge in [-0.1, -0.05) is 36.4 Å². The molecule has 2 amide bonds. The van der Waals surface area contributed by atoms with Gasteiger partial charge in [-0.25, -0.2) is 0 Å². The first-order valence-corrected chi connectivity index (χ1v) is 22.0. The molecule has 1 N–H and O–H groups in total. The Labute approximate surface area is 382 Å². The number of rotatable bonds is 20. The third-order valence-corrected chi connectivity index (χ3v) is 11.8. The number of carboxylic acid groups (broad SMARTS) is 1. The molecule has 340 valence electrons. The molecule has 2 atom stereocenters. The minimum Gasteiger partial charge on any atom is -0.493 e. The predicted molar refractivity (Wildman–Crippen MR) is 247 cm³/mol. The molecule has 0 spiro atoms. The van der Waals surface area contributed by atoms with E-state index < -0.39 is 5.97 Å². The maximum absolute atomic E-state index is 14.0. The Morgan fingerprint density at radius 2 is 1.14 bits per heavy atom. The minimum absolute atomic E-state index is 0.0473. The summed E-state index contributed by atoms with van der Waals surface area (Å²) < 4.78 is 41.3. The van der Waals surface area contributed by atoms with Crippen molar-refractivity contribution in [2.45, 2.75) is 51.5 Å². The number of nitrogens with zero attached hydrogens (tertiary/aromatic N) is 4. The van der Waals surface area contributed by atoms with Crippen LogP contribution in [0.3, 0.4) is 0 Å². The Balaban J connectivity index is 0.886. The van der Waals surface area contributed by atoms with E-state index in [-0.39, 0.29) is 56.7 Å². The fourth-order valence-corrected chi connectivity index (χ4v) is 8.61. The Morgan fingerprint density at radius 1 is 0.621 bits per heavy atom. The van der Waals surface area contributed by atoms with E-state index in [2.05, 4.69) is 6.07 Å². The molecular formula is C51H50N4O11. The van der Waals surface area contributed by atoms with Gasteiger partial charge in [-0.15, -0.1) is 0 Å². The van der Waals surface area contributed by atoms with Gasteiger partial charge in [0.2, 0.25) is 0 Å². The molecule has 5 aromatic rings. The number of carboxylic acids is 1. The topological polar surface area (TPSA) is 167 Å². The third kappa shape index (κ3) is 9.64. The number of hydrogen-bond donors (Lipinski definition) is 1. The standard InChI is InChI=1S/C51H50N4O11/c1-32-19-40-42(52-28-37-23-35-7-3-5-9-44(35)54(37)50(40)58)26-46(32)65-30-33-20-34(22-39(21-33)64-18-17-63-16-15-62-14-13-61-12-11-49(56)57)31-66-48-27-43-41(25-47(48)60-2)51(59)55-38(29-53-43)24-36-8-4-6-10-45(36)55/h3-10,19-22,25-29,37-38H,11-18,23-24,30-31H2,1-2H3,(H,56,57)/t37-,38-/m0/s1. The minimum atomic E-state index is -0.904. The van der Waals surface area contributed by atoms with E-state index in [4.69, 9.17) is 48.2 Å². The molecule has 0 unspecified atom stereocenters. The first kappa shape index (κ1) is 44.1. The molecule has 4 heterocycles. The van der Waals surface area contributed by atoms with Crippen LogP contribution in [-0.4, -0.2) is 101 Å². The Bertz CT molecular complexity index is 2700. The number of para-hydroxylation sites is 2. The highest BCUT2D eigenvalue weighted by Gasteiger charge is 2.38. The van der Waals surface area contributed by atoms with Gasteiger partial charge in [0.05, 0.1) is 87.8 Å². The summed E-state index contributed by atoms with van der Waals surface area (Å²) in [6, 6.07) is 28.4. The normalized spacial score (nSPS) is 16.4. The average molecular weight is 895 g/mol. The summed E-state index contributed by atoms with van der Waals surface area (Å²) in [7, 11) is 1.54. The molecule has 0 saturated heterocycles. The second-order valence-corrected chi connectivity index (χ2v) is 16.3. The summed E-state index contributed by atoms with van der Waals surface area (Å²) in [4.78, 5) is 51.7. The van der Waals surface area contributed by atoms with Gasteiger partial charge >= 0.3 is 5.97 Å². The van der Waals surface area contributed by atoms with E-state index in [1.165, 1.54) is 0 Å². The lowest BCUT2D eigenvalue weighted by molar-refractivity contribution is -0.138. The SMILES string of the molecule is COc1cc2c(cc1OCc1cc(COc3cc4c(cc3C)C(=O)N3c5ccccc5C[C@H]3C=N4)cc(OCCOCCOCCOCCC(=O)O)c1)N=C[C@@H]1Cc3ccccc3N1C2=O. The molecule has 0 fully saturated rings. The fraction of sp³-hybridized carbons (Fsp3) is 0.314. The summed E-state index contributed by atoms with van der Waals surface area (Å²) in [6.07, 6.45) is 5.02. The van der Waals surface area contributed by atoms with Crippen molar-refractivity contribution in [2.24, 2.45) is 9.98 Å². The van der Waals surface area contributed by atoms with Crippen LogP contribution in [0.4, 0.5) is 22.7 Å².